The predicted molar refractivity (Wildman–Crippen MR) is 101 cm³/mol. The van der Waals surface area contributed by atoms with E-state index >= 15 is 0 Å². The third-order valence-corrected chi connectivity index (χ3v) is 6.91. The molecule has 0 atom stereocenters. The third kappa shape index (κ3) is 5.59. The fourth-order valence-corrected chi connectivity index (χ4v) is 5.20. The van der Waals surface area contributed by atoms with E-state index in [2.05, 4.69) is 5.32 Å². The Morgan fingerprint density at radius 3 is 2.76 bits per heavy atom. The fourth-order valence-electron chi connectivity index (χ4n) is 2.39. The Morgan fingerprint density at radius 2 is 2.08 bits per heavy atom. The minimum absolute atomic E-state index is 0.100. The smallest absolute Gasteiger partial charge is 0.252 e. The molecule has 1 heterocycles. The standard InChI is InChI=1S/C16H23ClN2O4S2/c1-2-23-9-3-6-18-16(20)14-12-13(4-5-15(14)17)25(21,22)19-7-10-24-11-8-19/h4-5,12H,2-3,6-11H2,1H3,(H,18,20). The van der Waals surface area contributed by atoms with Crippen molar-refractivity contribution in [1.29, 1.82) is 0 Å². The van der Waals surface area contributed by atoms with Gasteiger partial charge in [-0.1, -0.05) is 11.6 Å². The van der Waals surface area contributed by atoms with Crippen molar-refractivity contribution < 1.29 is 17.9 Å². The SMILES string of the molecule is CCOCCCNC(=O)c1cc(S(=O)(=O)N2CCSCC2)ccc1Cl. The molecule has 1 fully saturated rings. The number of sulfonamides is 1. The Hall–Kier alpha value is -0.800. The van der Waals surface area contributed by atoms with Crippen molar-refractivity contribution >= 4 is 39.3 Å². The Labute approximate surface area is 158 Å². The van der Waals surface area contributed by atoms with E-state index < -0.39 is 10.0 Å². The van der Waals surface area contributed by atoms with E-state index in [-0.39, 0.29) is 21.4 Å². The van der Waals surface area contributed by atoms with Gasteiger partial charge in [0.2, 0.25) is 10.0 Å². The zero-order valence-corrected chi connectivity index (χ0v) is 16.6. The van der Waals surface area contributed by atoms with Crippen molar-refractivity contribution in [3.05, 3.63) is 28.8 Å². The number of halogens is 1. The molecule has 9 heteroatoms. The minimum atomic E-state index is -3.61. The second kappa shape index (κ2) is 9.78. The average molecular weight is 407 g/mol. The lowest BCUT2D eigenvalue weighted by atomic mass is 10.2. The number of carbonyl (C=O) groups is 1. The van der Waals surface area contributed by atoms with Crippen LogP contribution < -0.4 is 5.32 Å². The average Bonchev–Trinajstić information content (AvgIpc) is 2.62. The van der Waals surface area contributed by atoms with Gasteiger partial charge >= 0.3 is 0 Å². The van der Waals surface area contributed by atoms with Gasteiger partial charge in [-0.3, -0.25) is 4.79 Å². The summed E-state index contributed by atoms with van der Waals surface area (Å²) in [6, 6.07) is 4.27. The molecule has 25 heavy (non-hydrogen) atoms. The summed E-state index contributed by atoms with van der Waals surface area (Å²) in [7, 11) is -3.61. The number of rotatable bonds is 8. The number of ether oxygens (including phenoxy) is 1. The van der Waals surface area contributed by atoms with Gasteiger partial charge in [-0.25, -0.2) is 8.42 Å². The van der Waals surface area contributed by atoms with Gasteiger partial charge in [0.15, 0.2) is 0 Å². The van der Waals surface area contributed by atoms with Gasteiger partial charge in [0, 0.05) is 44.4 Å². The van der Waals surface area contributed by atoms with Crippen LogP contribution in [0.25, 0.3) is 0 Å². The first kappa shape index (κ1) is 20.5. The molecule has 0 aromatic heterocycles. The van der Waals surface area contributed by atoms with Crippen LogP contribution in [-0.4, -0.2) is 63.0 Å². The first-order valence-corrected chi connectivity index (χ1v) is 11.2. The normalized spacial score (nSPS) is 15.9. The topological polar surface area (TPSA) is 75.7 Å². The van der Waals surface area contributed by atoms with Crippen LogP contribution in [-0.2, 0) is 14.8 Å². The highest BCUT2D eigenvalue weighted by atomic mass is 35.5. The van der Waals surface area contributed by atoms with Crippen LogP contribution in [0.2, 0.25) is 5.02 Å². The summed E-state index contributed by atoms with van der Waals surface area (Å²) >= 11 is 7.83. The zero-order chi connectivity index (χ0) is 18.3. The predicted octanol–water partition coefficient (Wildman–Crippen LogP) is 2.23. The number of nitrogens with one attached hydrogen (secondary N) is 1. The first-order chi connectivity index (χ1) is 12.0. The van der Waals surface area contributed by atoms with Crippen LogP contribution in [0.1, 0.15) is 23.7 Å². The molecule has 0 aliphatic carbocycles. The van der Waals surface area contributed by atoms with Crippen molar-refractivity contribution in [2.75, 3.05) is 44.4 Å². The maximum absolute atomic E-state index is 12.7. The van der Waals surface area contributed by atoms with Crippen molar-refractivity contribution in [2.45, 2.75) is 18.2 Å². The second-order valence-corrected chi connectivity index (χ2v) is 9.03. The number of hydrogen-bond acceptors (Lipinski definition) is 5. The molecule has 0 radical (unpaired) electrons. The Bertz CT molecular complexity index is 691. The van der Waals surface area contributed by atoms with E-state index in [1.807, 2.05) is 6.92 Å². The summed E-state index contributed by atoms with van der Waals surface area (Å²) in [4.78, 5) is 12.4. The summed E-state index contributed by atoms with van der Waals surface area (Å²) in [6.45, 7) is 4.50. The van der Waals surface area contributed by atoms with Crippen LogP contribution in [0.3, 0.4) is 0 Å². The molecule has 1 aromatic carbocycles. The molecule has 1 N–H and O–H groups in total. The number of hydrogen-bond donors (Lipinski definition) is 1. The largest absolute Gasteiger partial charge is 0.382 e. The van der Waals surface area contributed by atoms with Crippen LogP contribution in [0.15, 0.2) is 23.1 Å². The van der Waals surface area contributed by atoms with Gasteiger partial charge in [0.1, 0.15) is 0 Å². The number of benzene rings is 1. The maximum Gasteiger partial charge on any atom is 0.252 e. The number of carbonyl (C=O) groups excluding carboxylic acids is 1. The molecule has 140 valence electrons. The van der Waals surface area contributed by atoms with Crippen LogP contribution in [0.5, 0.6) is 0 Å². The molecule has 1 amide bonds. The van der Waals surface area contributed by atoms with Gasteiger partial charge in [-0.05, 0) is 31.5 Å². The summed E-state index contributed by atoms with van der Waals surface area (Å²) in [5, 5.41) is 2.97. The molecule has 0 spiro atoms. The van der Waals surface area contributed by atoms with E-state index in [1.165, 1.54) is 22.5 Å². The van der Waals surface area contributed by atoms with Gasteiger partial charge < -0.3 is 10.1 Å². The van der Waals surface area contributed by atoms with E-state index in [1.54, 1.807) is 11.8 Å². The Balaban J connectivity index is 2.09. The van der Waals surface area contributed by atoms with E-state index in [0.29, 0.717) is 39.3 Å². The molecular formula is C16H23ClN2O4S2. The van der Waals surface area contributed by atoms with Crippen LogP contribution >= 0.6 is 23.4 Å². The van der Waals surface area contributed by atoms with Gasteiger partial charge in [-0.2, -0.15) is 16.1 Å². The minimum Gasteiger partial charge on any atom is -0.382 e. The lowest BCUT2D eigenvalue weighted by Gasteiger charge is -2.25. The van der Waals surface area contributed by atoms with Crippen molar-refractivity contribution in [3.8, 4) is 0 Å². The number of thioether (sulfide) groups is 1. The highest BCUT2D eigenvalue weighted by Crippen LogP contribution is 2.24. The summed E-state index contributed by atoms with van der Waals surface area (Å²) in [5.41, 5.74) is 0.172. The van der Waals surface area contributed by atoms with Gasteiger partial charge in [0.05, 0.1) is 15.5 Å². The van der Waals surface area contributed by atoms with E-state index in [4.69, 9.17) is 16.3 Å². The molecule has 6 nitrogen and oxygen atoms in total. The highest BCUT2D eigenvalue weighted by molar-refractivity contribution is 7.99. The number of amides is 1. The van der Waals surface area contributed by atoms with Crippen molar-refractivity contribution in [1.82, 2.24) is 9.62 Å². The van der Waals surface area contributed by atoms with Crippen LogP contribution in [0.4, 0.5) is 0 Å². The summed E-state index contributed by atoms with van der Waals surface area (Å²) in [5.74, 6) is 1.17. The molecule has 1 aromatic rings. The molecule has 1 aliphatic heterocycles. The molecule has 1 aliphatic rings. The molecule has 0 unspecified atom stereocenters. The van der Waals surface area contributed by atoms with Gasteiger partial charge in [-0.15, -0.1) is 0 Å². The van der Waals surface area contributed by atoms with Gasteiger partial charge in [0.25, 0.3) is 5.91 Å². The fraction of sp³-hybridized carbons (Fsp3) is 0.562. The van der Waals surface area contributed by atoms with Crippen LogP contribution in [0, 0.1) is 0 Å². The molecule has 0 saturated carbocycles. The van der Waals surface area contributed by atoms with E-state index in [9.17, 15) is 13.2 Å². The summed E-state index contributed by atoms with van der Waals surface area (Å²) in [6.07, 6.45) is 0.681. The molecule has 0 bridgehead atoms. The first-order valence-electron chi connectivity index (χ1n) is 8.20. The Kier molecular flexibility index (Phi) is 8.02. The zero-order valence-electron chi connectivity index (χ0n) is 14.2. The summed E-state index contributed by atoms with van der Waals surface area (Å²) < 4.78 is 32.1. The highest BCUT2D eigenvalue weighted by Gasteiger charge is 2.27. The lowest BCUT2D eigenvalue weighted by molar-refractivity contribution is 0.0944. The van der Waals surface area contributed by atoms with Crippen molar-refractivity contribution in [3.63, 3.8) is 0 Å². The molecule has 2 rings (SSSR count). The second-order valence-electron chi connectivity index (χ2n) is 5.46. The molecule has 1 saturated heterocycles. The maximum atomic E-state index is 12.7. The quantitative estimate of drug-likeness (QED) is 0.670. The monoisotopic (exact) mass is 406 g/mol. The van der Waals surface area contributed by atoms with E-state index in [0.717, 1.165) is 11.5 Å². The third-order valence-electron chi connectivity index (χ3n) is 3.75. The van der Waals surface area contributed by atoms with Crippen molar-refractivity contribution in [2.24, 2.45) is 0 Å². The lowest BCUT2D eigenvalue weighted by Crippen LogP contribution is -2.38. The number of nitrogens with zero attached hydrogens (tertiary/aromatic N) is 1. The molecular weight excluding hydrogens is 384 g/mol. The Morgan fingerprint density at radius 1 is 1.36 bits per heavy atom.